The third-order valence-electron chi connectivity index (χ3n) is 5.34. The van der Waals surface area contributed by atoms with E-state index in [1.807, 2.05) is 24.3 Å². The quantitative estimate of drug-likeness (QED) is 0.100. The average molecular weight is 773 g/mol. The van der Waals surface area contributed by atoms with E-state index in [2.05, 4.69) is 15.0 Å². The number of anilines is 1. The minimum absolute atomic E-state index is 0. The van der Waals surface area contributed by atoms with Gasteiger partial charge in [-0.15, -0.1) is 0 Å². The van der Waals surface area contributed by atoms with Crippen molar-refractivity contribution >= 4 is 28.7 Å². The first kappa shape index (κ1) is 45.6. The Morgan fingerprint density at radius 3 is 1.28 bits per heavy atom. The second-order valence-corrected chi connectivity index (χ2v) is 9.26. The molecule has 0 aliphatic carbocycles. The number of nitro groups is 2. The molecule has 0 unspecified atom stereocenters. The molecule has 0 bridgehead atoms. The maximum atomic E-state index is 10.4. The van der Waals surface area contributed by atoms with E-state index in [0.29, 0.717) is 16.5 Å². The Balaban J connectivity index is 0.000000651. The number of benzene rings is 3. The molecule has 6 rings (SSSR count). The zero-order chi connectivity index (χ0) is 33.9. The van der Waals surface area contributed by atoms with Crippen LogP contribution in [0.5, 0.6) is 28.7 Å². The molecule has 3 aromatic carbocycles. The average Bonchev–Trinajstić information content (AvgIpc) is 3.08. The number of rotatable bonds is 6. The maximum absolute atomic E-state index is 10.4. The molecule has 6 aromatic rings. The number of hydrogen-bond donors (Lipinski definition) is 1. The minimum Gasteiger partial charge on any atom is -0.871 e. The van der Waals surface area contributed by atoms with Gasteiger partial charge in [-0.3, -0.25) is 35.2 Å². The fraction of sp³-hybridized carbons (Fsp3) is 0.0294. The number of nitrogen functional groups attached to an aromatic ring is 1. The number of hydrogen-bond acceptors (Lipinski definition) is 11. The van der Waals surface area contributed by atoms with Crippen LogP contribution in [-0.4, -0.2) is 24.8 Å². The molecule has 2 N–H and O–H groups in total. The maximum Gasteiger partial charge on any atom is 1.00 e. The molecular weight excluding hydrogens is 743 g/mol. The Hall–Kier alpha value is -4.44. The summed E-state index contributed by atoms with van der Waals surface area (Å²) < 4.78 is 10.9. The second kappa shape index (κ2) is 25.5. The van der Waals surface area contributed by atoms with Crippen LogP contribution in [0, 0.1) is 20.2 Å². The first-order valence-electron chi connectivity index (χ1n) is 13.4. The van der Waals surface area contributed by atoms with Crippen LogP contribution >= 0.6 is 11.6 Å². The molecule has 16 heteroatoms. The smallest absolute Gasteiger partial charge is 0.871 e. The minimum atomic E-state index is -0.462. The summed E-state index contributed by atoms with van der Waals surface area (Å²) in [5, 5.41) is 31.2. The molecule has 0 aliphatic heterocycles. The van der Waals surface area contributed by atoms with E-state index < -0.39 is 9.85 Å². The van der Waals surface area contributed by atoms with Crippen LogP contribution in [0.25, 0.3) is 0 Å². The van der Waals surface area contributed by atoms with Crippen LogP contribution in [0.1, 0.15) is 7.43 Å². The Labute approximate surface area is 346 Å². The zero-order valence-electron chi connectivity index (χ0n) is 25.7. The summed E-state index contributed by atoms with van der Waals surface area (Å²) in [5.41, 5.74) is 6.38. The van der Waals surface area contributed by atoms with Gasteiger partial charge in [-0.25, -0.2) is 0 Å². The van der Waals surface area contributed by atoms with Crippen molar-refractivity contribution < 1.29 is 92.9 Å². The monoisotopic (exact) mass is 771 g/mol. The molecule has 50 heavy (non-hydrogen) atoms. The van der Waals surface area contributed by atoms with Gasteiger partial charge >= 0.3 is 51.4 Å². The third-order valence-corrected chi connectivity index (χ3v) is 5.59. The number of nitro benzene ring substituents is 2. The summed E-state index contributed by atoms with van der Waals surface area (Å²) >= 11 is 5.49. The van der Waals surface area contributed by atoms with E-state index >= 15 is 0 Å². The van der Waals surface area contributed by atoms with Gasteiger partial charge in [0.1, 0.15) is 23.0 Å². The van der Waals surface area contributed by atoms with Gasteiger partial charge in [0, 0.05) is 76.8 Å². The summed E-state index contributed by atoms with van der Waals surface area (Å²) in [6.45, 7) is 0. The molecule has 0 atom stereocenters. The normalized spacial score (nSPS) is 8.90. The first-order chi connectivity index (χ1) is 22.7. The van der Waals surface area contributed by atoms with Crippen molar-refractivity contribution in [3.63, 3.8) is 0 Å². The molecule has 0 fully saturated rings. The van der Waals surface area contributed by atoms with Crippen LogP contribution in [0.3, 0.4) is 0 Å². The number of nitrogens with zero attached hydrogens (tertiary/aromatic N) is 5. The van der Waals surface area contributed by atoms with Crippen molar-refractivity contribution in [3.8, 4) is 28.7 Å². The Bertz CT molecular complexity index is 1800. The molecular formula is C34H30ClCuKN6O7. The Morgan fingerprint density at radius 2 is 0.960 bits per heavy atom. The summed E-state index contributed by atoms with van der Waals surface area (Å²) in [6, 6.07) is 29.1. The predicted octanol–water partition coefficient (Wildman–Crippen LogP) is 5.28. The number of pyridine rings is 3. The largest absolute Gasteiger partial charge is 1.00 e. The van der Waals surface area contributed by atoms with E-state index in [1.54, 1.807) is 73.4 Å². The topological polar surface area (TPSA) is 192 Å². The predicted molar refractivity (Wildman–Crippen MR) is 181 cm³/mol. The number of aromatic nitrogens is 3. The SMILES string of the molecule is C.Nc1ccc(Oc2cccnc2)cc1.O=[N+]([O-])c1ccc(Cl)cc1.O=[N+]([O-])c1ccc(Oc2cccnc2)cc1.[Cu].[K+].[O-]c1cccnc1. The molecule has 0 aliphatic rings. The number of halogens is 1. The summed E-state index contributed by atoms with van der Waals surface area (Å²) in [6.07, 6.45) is 9.43. The van der Waals surface area contributed by atoms with Crippen molar-refractivity contribution in [2.75, 3.05) is 5.73 Å². The number of nitrogens with two attached hydrogens (primary N) is 1. The van der Waals surface area contributed by atoms with Crippen molar-refractivity contribution in [2.45, 2.75) is 7.43 Å². The van der Waals surface area contributed by atoms with Crippen LogP contribution in [-0.2, 0) is 17.1 Å². The van der Waals surface area contributed by atoms with Gasteiger partial charge < -0.3 is 20.3 Å². The molecule has 13 nitrogen and oxygen atoms in total. The molecule has 3 heterocycles. The Kier molecular flexibility index (Phi) is 23.2. The molecule has 0 amide bonds. The standard InChI is InChI=1S/C11H8N2O3.C11H10N2O.C6H4ClNO2.C5H5NO.CH4.Cu.K/c14-13(15)9-3-5-10(6-4-9)16-11-2-1-7-12-8-11;12-9-3-5-10(6-4-9)14-11-2-1-7-13-8-11;7-5-1-3-6(4-2-5)8(9)10;7-5-2-1-3-6-4-5;;;/h1-8H;1-8H,12H2;1-4H;1-4,7H;1H4;;/q;;;;;;+1/p-1. The van der Waals surface area contributed by atoms with Crippen LogP contribution in [0.4, 0.5) is 17.1 Å². The summed E-state index contributed by atoms with van der Waals surface area (Å²) in [7, 11) is 0. The molecule has 3 aromatic heterocycles. The summed E-state index contributed by atoms with van der Waals surface area (Å²) in [4.78, 5) is 31.0. The van der Waals surface area contributed by atoms with E-state index in [1.165, 1.54) is 48.7 Å². The van der Waals surface area contributed by atoms with Gasteiger partial charge in [-0.05, 0) is 78.9 Å². The van der Waals surface area contributed by atoms with E-state index in [9.17, 15) is 25.3 Å². The fourth-order valence-corrected chi connectivity index (χ4v) is 3.29. The van der Waals surface area contributed by atoms with E-state index in [0.717, 1.165) is 17.2 Å². The number of ether oxygens (including phenoxy) is 2. The van der Waals surface area contributed by atoms with Crippen molar-refractivity contribution in [3.05, 3.63) is 172 Å². The van der Waals surface area contributed by atoms with Crippen LogP contribution < -0.4 is 71.7 Å². The van der Waals surface area contributed by atoms with Crippen molar-refractivity contribution in [2.24, 2.45) is 0 Å². The van der Waals surface area contributed by atoms with Gasteiger partial charge in [0.25, 0.3) is 11.4 Å². The molecule has 0 spiro atoms. The Morgan fingerprint density at radius 1 is 0.580 bits per heavy atom. The van der Waals surface area contributed by atoms with Gasteiger partial charge in [0.05, 0.1) is 22.2 Å². The van der Waals surface area contributed by atoms with Crippen LogP contribution in [0.2, 0.25) is 5.02 Å². The third kappa shape index (κ3) is 18.4. The summed E-state index contributed by atoms with van der Waals surface area (Å²) in [5.74, 6) is 2.57. The second-order valence-electron chi connectivity index (χ2n) is 8.82. The number of non-ortho nitro benzene ring substituents is 2. The zero-order valence-corrected chi connectivity index (χ0v) is 30.5. The first-order valence-corrected chi connectivity index (χ1v) is 13.8. The molecule has 257 valence electrons. The van der Waals surface area contributed by atoms with Crippen molar-refractivity contribution in [1.82, 2.24) is 15.0 Å². The van der Waals surface area contributed by atoms with Gasteiger partial charge in [-0.1, -0.05) is 30.8 Å². The van der Waals surface area contributed by atoms with Gasteiger partial charge in [0.15, 0.2) is 0 Å². The fourth-order valence-electron chi connectivity index (χ4n) is 3.17. The van der Waals surface area contributed by atoms with E-state index in [-0.39, 0.29) is 93.0 Å². The van der Waals surface area contributed by atoms with Gasteiger partial charge in [0.2, 0.25) is 0 Å². The van der Waals surface area contributed by atoms with Gasteiger partial charge in [-0.2, -0.15) is 0 Å². The van der Waals surface area contributed by atoms with Crippen LogP contribution in [0.15, 0.2) is 146 Å². The van der Waals surface area contributed by atoms with E-state index in [4.69, 9.17) is 26.8 Å². The molecule has 0 saturated carbocycles. The van der Waals surface area contributed by atoms with Crippen molar-refractivity contribution in [1.29, 1.82) is 0 Å². The molecule has 0 saturated heterocycles. The molecule has 1 radical (unpaired) electrons.